The van der Waals surface area contributed by atoms with Crippen molar-refractivity contribution in [3.05, 3.63) is 29.8 Å². The zero-order valence-corrected chi connectivity index (χ0v) is 16.7. The Balaban J connectivity index is 0.00000169. The number of nitrogens with zero attached hydrogens (tertiary/aromatic N) is 1. The van der Waals surface area contributed by atoms with E-state index in [4.69, 9.17) is 9.47 Å². The fraction of sp³-hybridized carbons (Fsp3) is 0.611. The van der Waals surface area contributed by atoms with Crippen molar-refractivity contribution in [1.29, 1.82) is 0 Å². The number of nitrogens with one attached hydrogen (secondary N) is 2. The molecule has 0 saturated carbocycles. The van der Waals surface area contributed by atoms with Gasteiger partial charge in [-0.15, -0.1) is 24.8 Å². The summed E-state index contributed by atoms with van der Waals surface area (Å²) >= 11 is 0. The van der Waals surface area contributed by atoms with Crippen LogP contribution in [0.15, 0.2) is 24.3 Å². The molecule has 148 valence electrons. The molecule has 1 aromatic carbocycles. The van der Waals surface area contributed by atoms with Gasteiger partial charge in [-0.1, -0.05) is 12.1 Å². The Morgan fingerprint density at radius 3 is 2.81 bits per heavy atom. The summed E-state index contributed by atoms with van der Waals surface area (Å²) < 4.78 is 10.7. The second-order valence-electron chi connectivity index (χ2n) is 6.36. The molecule has 0 radical (unpaired) electrons. The molecule has 2 aliphatic heterocycles. The third-order valence-corrected chi connectivity index (χ3v) is 4.77. The quantitative estimate of drug-likeness (QED) is 0.754. The molecule has 2 atom stereocenters. The van der Waals surface area contributed by atoms with Crippen molar-refractivity contribution in [1.82, 2.24) is 15.5 Å². The minimum absolute atomic E-state index is 0. The normalized spacial score (nSPS) is 21.2. The van der Waals surface area contributed by atoms with Crippen molar-refractivity contribution in [2.75, 3.05) is 46.5 Å². The van der Waals surface area contributed by atoms with Gasteiger partial charge in [0.25, 0.3) is 0 Å². The first-order valence-corrected chi connectivity index (χ1v) is 8.75. The Morgan fingerprint density at radius 1 is 1.38 bits per heavy atom. The lowest BCUT2D eigenvalue weighted by molar-refractivity contribution is -0.126. The van der Waals surface area contributed by atoms with E-state index < -0.39 is 0 Å². The molecule has 6 nitrogen and oxygen atoms in total. The van der Waals surface area contributed by atoms with Crippen LogP contribution in [-0.4, -0.2) is 63.4 Å². The van der Waals surface area contributed by atoms with E-state index in [1.165, 1.54) is 18.4 Å². The molecule has 8 heteroatoms. The molecule has 0 bridgehead atoms. The molecule has 2 heterocycles. The minimum atomic E-state index is -0.247. The lowest BCUT2D eigenvalue weighted by Crippen LogP contribution is -2.52. The van der Waals surface area contributed by atoms with Gasteiger partial charge in [-0.25, -0.2) is 0 Å². The van der Waals surface area contributed by atoms with Gasteiger partial charge >= 0.3 is 0 Å². The summed E-state index contributed by atoms with van der Waals surface area (Å²) in [5.74, 6) is 0.868. The maximum absolute atomic E-state index is 12.4. The minimum Gasteiger partial charge on any atom is -0.497 e. The first kappa shape index (κ1) is 23.0. The first-order valence-electron chi connectivity index (χ1n) is 8.75. The average Bonchev–Trinajstić information content (AvgIpc) is 3.17. The zero-order chi connectivity index (χ0) is 16.8. The van der Waals surface area contributed by atoms with E-state index in [0.29, 0.717) is 19.8 Å². The van der Waals surface area contributed by atoms with Gasteiger partial charge < -0.3 is 20.1 Å². The molecule has 1 amide bonds. The number of carbonyl (C=O) groups is 1. The Labute approximate surface area is 167 Å². The fourth-order valence-corrected chi connectivity index (χ4v) is 3.41. The summed E-state index contributed by atoms with van der Waals surface area (Å²) in [6, 6.07) is 8.07. The topological polar surface area (TPSA) is 62.8 Å². The number of benzene rings is 1. The molecule has 3 rings (SSSR count). The van der Waals surface area contributed by atoms with Crippen LogP contribution in [0.3, 0.4) is 0 Å². The summed E-state index contributed by atoms with van der Waals surface area (Å²) in [5, 5.41) is 6.30. The highest BCUT2D eigenvalue weighted by atomic mass is 35.5. The molecule has 2 unspecified atom stereocenters. The van der Waals surface area contributed by atoms with Crippen molar-refractivity contribution in [2.24, 2.45) is 0 Å². The largest absolute Gasteiger partial charge is 0.497 e. The molecule has 2 saturated heterocycles. The van der Waals surface area contributed by atoms with Gasteiger partial charge in [-0.05, 0) is 43.6 Å². The van der Waals surface area contributed by atoms with Crippen LogP contribution in [-0.2, 0) is 9.53 Å². The van der Waals surface area contributed by atoms with E-state index in [-0.39, 0.29) is 42.8 Å². The van der Waals surface area contributed by atoms with Gasteiger partial charge in [0.15, 0.2) is 0 Å². The van der Waals surface area contributed by atoms with E-state index in [0.717, 1.165) is 25.4 Å². The standard InChI is InChI=1S/C18H27N3O3.2ClH/c1-23-15-6-4-5-14(11-15)17(21-8-2-3-9-21)12-20-18(22)16-13-24-10-7-19-16;;/h4-6,11,16-17,19H,2-3,7-10,12-13H2,1H3,(H,20,22);2*1H. The molecule has 0 aromatic heterocycles. The molecular weight excluding hydrogens is 377 g/mol. The second-order valence-corrected chi connectivity index (χ2v) is 6.36. The average molecular weight is 406 g/mol. The molecule has 0 spiro atoms. The van der Waals surface area contributed by atoms with Gasteiger partial charge in [0.05, 0.1) is 26.4 Å². The van der Waals surface area contributed by atoms with Gasteiger partial charge in [0.2, 0.25) is 5.91 Å². The number of amides is 1. The van der Waals surface area contributed by atoms with Crippen LogP contribution in [0.5, 0.6) is 5.75 Å². The highest BCUT2D eigenvalue weighted by molar-refractivity contribution is 5.85. The molecule has 2 aliphatic rings. The Hall–Kier alpha value is -1.05. The van der Waals surface area contributed by atoms with Crippen LogP contribution in [0.2, 0.25) is 0 Å². The first-order chi connectivity index (χ1) is 11.8. The molecule has 2 N–H and O–H groups in total. The monoisotopic (exact) mass is 405 g/mol. The smallest absolute Gasteiger partial charge is 0.239 e. The highest BCUT2D eigenvalue weighted by Crippen LogP contribution is 2.27. The van der Waals surface area contributed by atoms with Crippen molar-refractivity contribution in [3.8, 4) is 5.75 Å². The van der Waals surface area contributed by atoms with Crippen molar-refractivity contribution in [2.45, 2.75) is 24.9 Å². The summed E-state index contributed by atoms with van der Waals surface area (Å²) in [6.45, 7) is 4.59. The number of methoxy groups -OCH3 is 1. The Kier molecular flexibility index (Phi) is 10.3. The molecule has 1 aromatic rings. The molecule has 2 fully saturated rings. The summed E-state index contributed by atoms with van der Waals surface area (Å²) in [6.07, 6.45) is 2.43. The van der Waals surface area contributed by atoms with E-state index in [2.05, 4.69) is 27.7 Å². The van der Waals surface area contributed by atoms with Crippen LogP contribution >= 0.6 is 24.8 Å². The van der Waals surface area contributed by atoms with Crippen molar-refractivity contribution < 1.29 is 14.3 Å². The van der Waals surface area contributed by atoms with Crippen LogP contribution in [0.25, 0.3) is 0 Å². The maximum atomic E-state index is 12.4. The van der Waals surface area contributed by atoms with Crippen LogP contribution in [0.4, 0.5) is 0 Å². The lowest BCUT2D eigenvalue weighted by Gasteiger charge is -2.30. The van der Waals surface area contributed by atoms with Gasteiger partial charge in [0, 0.05) is 13.1 Å². The van der Waals surface area contributed by atoms with Crippen LogP contribution < -0.4 is 15.4 Å². The lowest BCUT2D eigenvalue weighted by atomic mass is 10.0. The van der Waals surface area contributed by atoms with Gasteiger partial charge in [0.1, 0.15) is 11.8 Å². The summed E-state index contributed by atoms with van der Waals surface area (Å²) in [7, 11) is 1.68. The Morgan fingerprint density at radius 2 is 2.15 bits per heavy atom. The number of morpholine rings is 1. The maximum Gasteiger partial charge on any atom is 0.239 e. The number of hydrogen-bond acceptors (Lipinski definition) is 5. The molecular formula is C18H29Cl2N3O3. The number of ether oxygens (including phenoxy) is 2. The fourth-order valence-electron chi connectivity index (χ4n) is 3.41. The number of carbonyl (C=O) groups excluding carboxylic acids is 1. The van der Waals surface area contributed by atoms with Gasteiger partial charge in [-0.2, -0.15) is 0 Å². The van der Waals surface area contributed by atoms with Crippen molar-refractivity contribution >= 4 is 30.7 Å². The van der Waals surface area contributed by atoms with Crippen molar-refractivity contribution in [3.63, 3.8) is 0 Å². The van der Waals surface area contributed by atoms with E-state index in [1.807, 2.05) is 12.1 Å². The number of hydrogen-bond donors (Lipinski definition) is 2. The number of rotatable bonds is 6. The molecule has 26 heavy (non-hydrogen) atoms. The molecule has 0 aliphatic carbocycles. The highest BCUT2D eigenvalue weighted by Gasteiger charge is 2.26. The predicted molar refractivity (Wildman–Crippen MR) is 107 cm³/mol. The summed E-state index contributed by atoms with van der Waals surface area (Å²) in [4.78, 5) is 14.8. The van der Waals surface area contributed by atoms with Gasteiger partial charge in [-0.3, -0.25) is 9.69 Å². The summed E-state index contributed by atoms with van der Waals surface area (Å²) in [5.41, 5.74) is 1.18. The van der Waals surface area contributed by atoms with Crippen LogP contribution in [0, 0.1) is 0 Å². The number of likely N-dealkylation sites (tertiary alicyclic amines) is 1. The zero-order valence-electron chi connectivity index (χ0n) is 15.1. The number of halogens is 2. The third kappa shape index (κ3) is 5.99. The Bertz CT molecular complexity index is 550. The third-order valence-electron chi connectivity index (χ3n) is 4.77. The van der Waals surface area contributed by atoms with E-state index >= 15 is 0 Å². The van der Waals surface area contributed by atoms with Crippen LogP contribution in [0.1, 0.15) is 24.4 Å². The predicted octanol–water partition coefficient (Wildman–Crippen LogP) is 1.78. The second kappa shape index (κ2) is 11.6. The van der Waals surface area contributed by atoms with E-state index in [9.17, 15) is 4.79 Å². The van der Waals surface area contributed by atoms with E-state index in [1.54, 1.807) is 7.11 Å². The SMILES string of the molecule is COc1cccc(C(CNC(=O)C2COCCN2)N2CCCC2)c1.Cl.Cl.